The van der Waals surface area contributed by atoms with Crippen molar-refractivity contribution in [2.75, 3.05) is 56.0 Å². The van der Waals surface area contributed by atoms with E-state index in [1.54, 1.807) is 12.4 Å². The number of hydrogen-bond acceptors (Lipinski definition) is 6. The summed E-state index contributed by atoms with van der Waals surface area (Å²) >= 11 is 0. The first-order valence-corrected chi connectivity index (χ1v) is 15.1. The smallest absolute Gasteiger partial charge is 0.244 e. The highest BCUT2D eigenvalue weighted by Crippen LogP contribution is 2.31. The largest absolute Gasteiger partial charge is 0.372 e. The Morgan fingerprint density at radius 1 is 0.974 bits per heavy atom. The fourth-order valence-electron chi connectivity index (χ4n) is 6.62. The van der Waals surface area contributed by atoms with Crippen molar-refractivity contribution in [3.63, 3.8) is 0 Å². The molecule has 1 unspecified atom stereocenters. The lowest BCUT2D eigenvalue weighted by Crippen LogP contribution is -2.52. The van der Waals surface area contributed by atoms with Crippen molar-refractivity contribution >= 4 is 23.1 Å². The zero-order valence-corrected chi connectivity index (χ0v) is 23.4. The second-order valence-corrected chi connectivity index (χ2v) is 11.7. The minimum absolute atomic E-state index is 0.154. The van der Waals surface area contributed by atoms with Crippen molar-refractivity contribution in [3.05, 3.63) is 42.9 Å². The third-order valence-electron chi connectivity index (χ3n) is 9.03. The standard InChI is InChI=1S/C31H43N7O/c1-24(31(39)37-21-19-35(20-22-37)17-13-25-7-3-2-4-8-25)33-30-29(34-28-23-32-14-18-38(28)30)26-9-11-27(12-10-26)36-15-5-6-16-36/h9-12,14,18,23-25,33H,2-8,13,15-17,19-22H2,1H3. The molecule has 2 aromatic heterocycles. The first-order valence-electron chi connectivity index (χ1n) is 15.1. The number of anilines is 2. The van der Waals surface area contributed by atoms with E-state index in [9.17, 15) is 4.79 Å². The highest BCUT2D eigenvalue weighted by atomic mass is 16.2. The molecular formula is C31H43N7O. The van der Waals surface area contributed by atoms with Crippen LogP contribution in [0.15, 0.2) is 42.9 Å². The molecule has 4 heterocycles. The molecule has 39 heavy (non-hydrogen) atoms. The summed E-state index contributed by atoms with van der Waals surface area (Å²) in [6.45, 7) is 8.95. The SMILES string of the molecule is CC(Nc1c(-c2ccc(N3CCCC3)cc2)nc2cnccn12)C(=O)N1CCN(CCC2CCCCC2)CC1. The van der Waals surface area contributed by atoms with Crippen molar-refractivity contribution in [2.45, 2.75) is 64.3 Å². The predicted molar refractivity (Wildman–Crippen MR) is 157 cm³/mol. The second-order valence-electron chi connectivity index (χ2n) is 11.7. The summed E-state index contributed by atoms with van der Waals surface area (Å²) in [5.41, 5.74) is 3.92. The van der Waals surface area contributed by atoms with E-state index < -0.39 is 0 Å². The number of benzene rings is 1. The van der Waals surface area contributed by atoms with Gasteiger partial charge in [-0.15, -0.1) is 0 Å². The summed E-state index contributed by atoms with van der Waals surface area (Å²) in [7, 11) is 0. The predicted octanol–water partition coefficient (Wildman–Crippen LogP) is 4.91. The number of amides is 1. The van der Waals surface area contributed by atoms with E-state index in [-0.39, 0.29) is 11.9 Å². The monoisotopic (exact) mass is 529 g/mol. The molecule has 0 bridgehead atoms. The van der Waals surface area contributed by atoms with Crippen LogP contribution >= 0.6 is 0 Å². The van der Waals surface area contributed by atoms with Crippen LogP contribution in [0.4, 0.5) is 11.5 Å². The van der Waals surface area contributed by atoms with Gasteiger partial charge < -0.3 is 15.1 Å². The molecule has 1 amide bonds. The van der Waals surface area contributed by atoms with Gasteiger partial charge in [-0.25, -0.2) is 4.98 Å². The van der Waals surface area contributed by atoms with E-state index in [0.29, 0.717) is 0 Å². The lowest BCUT2D eigenvalue weighted by atomic mass is 9.87. The molecule has 1 aliphatic carbocycles. The van der Waals surface area contributed by atoms with Gasteiger partial charge in [0.05, 0.1) is 6.20 Å². The highest BCUT2D eigenvalue weighted by Gasteiger charge is 2.27. The van der Waals surface area contributed by atoms with Crippen LogP contribution in [0.5, 0.6) is 0 Å². The van der Waals surface area contributed by atoms with Crippen molar-refractivity contribution < 1.29 is 4.79 Å². The third kappa shape index (κ3) is 5.91. The summed E-state index contributed by atoms with van der Waals surface area (Å²) < 4.78 is 2.00. The number of nitrogens with zero attached hydrogens (tertiary/aromatic N) is 6. The van der Waals surface area contributed by atoms with Gasteiger partial charge in [0.1, 0.15) is 17.6 Å². The van der Waals surface area contributed by atoms with E-state index in [1.807, 2.05) is 22.4 Å². The number of piperazine rings is 1. The average Bonchev–Trinajstić information content (AvgIpc) is 3.66. The molecule has 8 nitrogen and oxygen atoms in total. The minimum Gasteiger partial charge on any atom is -0.372 e. The van der Waals surface area contributed by atoms with Crippen LogP contribution in [0, 0.1) is 5.92 Å². The van der Waals surface area contributed by atoms with Crippen LogP contribution in [0.1, 0.15) is 58.3 Å². The number of fused-ring (bicyclic) bond motifs is 1. The molecule has 1 saturated carbocycles. The Hall–Kier alpha value is -3.13. The quantitative estimate of drug-likeness (QED) is 0.447. The first kappa shape index (κ1) is 26.1. The van der Waals surface area contributed by atoms with Gasteiger partial charge >= 0.3 is 0 Å². The molecule has 3 aromatic rings. The summed E-state index contributed by atoms with van der Waals surface area (Å²) in [5, 5.41) is 3.54. The maximum Gasteiger partial charge on any atom is 0.244 e. The molecule has 1 atom stereocenters. The molecule has 1 aromatic carbocycles. The van der Waals surface area contributed by atoms with Crippen LogP contribution in [0.25, 0.3) is 16.9 Å². The van der Waals surface area contributed by atoms with Crippen LogP contribution in [-0.2, 0) is 4.79 Å². The van der Waals surface area contributed by atoms with Crippen LogP contribution in [0.2, 0.25) is 0 Å². The topological polar surface area (TPSA) is 69.0 Å². The molecule has 3 aliphatic rings. The number of nitrogens with one attached hydrogen (secondary N) is 1. The van der Waals surface area contributed by atoms with Crippen molar-refractivity contribution in [3.8, 4) is 11.3 Å². The van der Waals surface area contributed by atoms with Gasteiger partial charge in [-0.05, 0) is 50.8 Å². The van der Waals surface area contributed by atoms with Gasteiger partial charge in [-0.2, -0.15) is 0 Å². The molecule has 3 fully saturated rings. The lowest BCUT2D eigenvalue weighted by Gasteiger charge is -2.37. The van der Waals surface area contributed by atoms with Gasteiger partial charge in [0.15, 0.2) is 5.65 Å². The summed E-state index contributed by atoms with van der Waals surface area (Å²) in [4.78, 5) is 29.7. The summed E-state index contributed by atoms with van der Waals surface area (Å²) in [6.07, 6.45) is 16.3. The molecule has 208 valence electrons. The van der Waals surface area contributed by atoms with Crippen molar-refractivity contribution in [1.82, 2.24) is 24.2 Å². The normalized spacial score (nSPS) is 20.0. The summed E-state index contributed by atoms with van der Waals surface area (Å²) in [5.74, 6) is 1.91. The maximum absolute atomic E-state index is 13.5. The number of aromatic nitrogens is 3. The summed E-state index contributed by atoms with van der Waals surface area (Å²) in [6, 6.07) is 8.32. The molecule has 1 N–H and O–H groups in total. The van der Waals surface area contributed by atoms with Gasteiger partial charge in [-0.3, -0.25) is 19.1 Å². The zero-order chi connectivity index (χ0) is 26.6. The maximum atomic E-state index is 13.5. The van der Waals surface area contributed by atoms with Gasteiger partial charge in [-0.1, -0.05) is 44.2 Å². The van der Waals surface area contributed by atoms with Crippen LogP contribution in [0.3, 0.4) is 0 Å². The van der Waals surface area contributed by atoms with Gasteiger partial charge in [0.2, 0.25) is 5.91 Å². The Morgan fingerprint density at radius 2 is 1.72 bits per heavy atom. The Morgan fingerprint density at radius 3 is 2.46 bits per heavy atom. The first-order chi connectivity index (χ1) is 19.2. The van der Waals surface area contributed by atoms with E-state index in [2.05, 4.69) is 44.4 Å². The van der Waals surface area contributed by atoms with E-state index in [4.69, 9.17) is 4.98 Å². The number of imidazole rings is 1. The molecule has 0 radical (unpaired) electrons. The van der Waals surface area contributed by atoms with Crippen molar-refractivity contribution in [2.24, 2.45) is 5.92 Å². The molecule has 0 spiro atoms. The zero-order valence-electron chi connectivity index (χ0n) is 23.4. The molecular weight excluding hydrogens is 486 g/mol. The molecule has 2 aliphatic heterocycles. The molecule has 8 heteroatoms. The van der Waals surface area contributed by atoms with E-state index >= 15 is 0 Å². The lowest BCUT2D eigenvalue weighted by molar-refractivity contribution is -0.133. The number of carbonyl (C=O) groups is 1. The molecule has 6 rings (SSSR count). The number of rotatable bonds is 8. The van der Waals surface area contributed by atoms with E-state index in [1.165, 1.54) is 63.6 Å². The van der Waals surface area contributed by atoms with Crippen LogP contribution < -0.4 is 10.2 Å². The molecule has 2 saturated heterocycles. The number of hydrogen-bond donors (Lipinski definition) is 1. The average molecular weight is 530 g/mol. The third-order valence-corrected chi connectivity index (χ3v) is 9.03. The fourth-order valence-corrected chi connectivity index (χ4v) is 6.62. The van der Waals surface area contributed by atoms with E-state index in [0.717, 1.165) is 67.9 Å². The van der Waals surface area contributed by atoms with Crippen LogP contribution in [-0.4, -0.2) is 81.9 Å². The Bertz CT molecular complexity index is 1240. The fraction of sp³-hybridized carbons (Fsp3) is 0.581. The highest BCUT2D eigenvalue weighted by molar-refractivity contribution is 5.86. The minimum atomic E-state index is -0.352. The van der Waals surface area contributed by atoms with Gasteiger partial charge in [0, 0.05) is 62.9 Å². The Labute approximate surface area is 232 Å². The van der Waals surface area contributed by atoms with Gasteiger partial charge in [0.25, 0.3) is 0 Å². The second kappa shape index (κ2) is 11.9. The Kier molecular flexibility index (Phi) is 8.00. The number of carbonyl (C=O) groups excluding carboxylic acids is 1. The Balaban J connectivity index is 1.11. The van der Waals surface area contributed by atoms with Crippen molar-refractivity contribution in [1.29, 1.82) is 0 Å².